The molecule has 0 saturated heterocycles. The number of anilines is 1. The third-order valence-corrected chi connectivity index (χ3v) is 5.03. The lowest BCUT2D eigenvalue weighted by Crippen LogP contribution is -2.11. The summed E-state index contributed by atoms with van der Waals surface area (Å²) in [5.41, 5.74) is 1.29. The van der Waals surface area contributed by atoms with Crippen molar-refractivity contribution in [3.63, 3.8) is 0 Å². The summed E-state index contributed by atoms with van der Waals surface area (Å²) in [7, 11) is 0. The van der Waals surface area contributed by atoms with Gasteiger partial charge in [0.15, 0.2) is 0 Å². The van der Waals surface area contributed by atoms with E-state index in [0.717, 1.165) is 20.0 Å². The van der Waals surface area contributed by atoms with E-state index in [1.165, 1.54) is 0 Å². The van der Waals surface area contributed by atoms with Crippen molar-refractivity contribution in [2.24, 2.45) is 0 Å². The van der Waals surface area contributed by atoms with Crippen LogP contribution in [0.15, 0.2) is 87.1 Å². The zero-order valence-corrected chi connectivity index (χ0v) is 15.7. The van der Waals surface area contributed by atoms with Crippen LogP contribution in [-0.4, -0.2) is 5.91 Å². The van der Waals surface area contributed by atoms with E-state index >= 15 is 0 Å². The molecule has 5 heteroatoms. The topological polar surface area (TPSA) is 29.1 Å². The van der Waals surface area contributed by atoms with Crippen molar-refractivity contribution >= 4 is 50.9 Å². The number of carbonyl (C=O) groups is 1. The number of amides is 1. The van der Waals surface area contributed by atoms with Gasteiger partial charge in [-0.15, -0.1) is 0 Å². The molecule has 0 spiro atoms. The minimum atomic E-state index is -0.175. The first kappa shape index (κ1) is 17.1. The van der Waals surface area contributed by atoms with Crippen LogP contribution >= 0.6 is 39.3 Å². The van der Waals surface area contributed by atoms with Crippen LogP contribution in [0.5, 0.6) is 0 Å². The standard InChI is InChI=1S/C19H13BrClNOS/c20-14-4-8-17(9-5-14)24-18-10-6-16(7-11-18)22-19(23)13-2-1-3-15(21)12-13/h1-12H,(H,22,23). The van der Waals surface area contributed by atoms with Crippen LogP contribution in [0.2, 0.25) is 5.02 Å². The molecule has 3 aromatic carbocycles. The van der Waals surface area contributed by atoms with Gasteiger partial charge in [-0.25, -0.2) is 0 Å². The van der Waals surface area contributed by atoms with Crippen molar-refractivity contribution < 1.29 is 4.79 Å². The summed E-state index contributed by atoms with van der Waals surface area (Å²) in [5.74, 6) is -0.175. The van der Waals surface area contributed by atoms with Crippen LogP contribution in [0.3, 0.4) is 0 Å². The van der Waals surface area contributed by atoms with E-state index in [1.807, 2.05) is 36.4 Å². The van der Waals surface area contributed by atoms with E-state index in [9.17, 15) is 4.79 Å². The zero-order chi connectivity index (χ0) is 16.9. The summed E-state index contributed by atoms with van der Waals surface area (Å²) in [6.07, 6.45) is 0. The summed E-state index contributed by atoms with van der Waals surface area (Å²) in [5, 5.41) is 3.42. The highest BCUT2D eigenvalue weighted by molar-refractivity contribution is 9.10. The second-order valence-corrected chi connectivity index (χ2v) is 7.54. The van der Waals surface area contributed by atoms with Crippen molar-refractivity contribution in [2.45, 2.75) is 9.79 Å². The molecule has 1 amide bonds. The molecule has 24 heavy (non-hydrogen) atoms. The van der Waals surface area contributed by atoms with Crippen LogP contribution in [-0.2, 0) is 0 Å². The highest BCUT2D eigenvalue weighted by Crippen LogP contribution is 2.29. The maximum atomic E-state index is 12.2. The zero-order valence-electron chi connectivity index (χ0n) is 12.5. The van der Waals surface area contributed by atoms with Gasteiger partial charge in [0.25, 0.3) is 5.91 Å². The molecule has 3 rings (SSSR count). The Morgan fingerprint density at radius 2 is 1.54 bits per heavy atom. The van der Waals surface area contributed by atoms with Gasteiger partial charge in [0.1, 0.15) is 0 Å². The Hall–Kier alpha value is -1.75. The fourth-order valence-corrected chi connectivity index (χ4v) is 3.35. The summed E-state index contributed by atoms with van der Waals surface area (Å²) in [4.78, 5) is 14.5. The summed E-state index contributed by atoms with van der Waals surface area (Å²) in [6.45, 7) is 0. The van der Waals surface area contributed by atoms with Gasteiger partial charge in [0, 0.05) is 30.5 Å². The molecule has 120 valence electrons. The van der Waals surface area contributed by atoms with Crippen molar-refractivity contribution in [1.82, 2.24) is 0 Å². The Balaban J connectivity index is 1.66. The average molecular weight is 419 g/mol. The van der Waals surface area contributed by atoms with Crippen molar-refractivity contribution in [3.05, 3.63) is 87.9 Å². The van der Waals surface area contributed by atoms with Gasteiger partial charge in [0.05, 0.1) is 0 Å². The number of hydrogen-bond donors (Lipinski definition) is 1. The maximum absolute atomic E-state index is 12.2. The van der Waals surface area contributed by atoms with E-state index in [4.69, 9.17) is 11.6 Å². The molecule has 0 aliphatic heterocycles. The lowest BCUT2D eigenvalue weighted by Gasteiger charge is -2.07. The minimum absolute atomic E-state index is 0.175. The molecule has 0 aliphatic rings. The lowest BCUT2D eigenvalue weighted by atomic mass is 10.2. The molecule has 0 atom stereocenters. The number of carbonyl (C=O) groups excluding carboxylic acids is 1. The lowest BCUT2D eigenvalue weighted by molar-refractivity contribution is 0.102. The molecule has 0 aliphatic carbocycles. The third kappa shape index (κ3) is 4.63. The number of nitrogens with one attached hydrogen (secondary N) is 1. The molecule has 0 aromatic heterocycles. The number of rotatable bonds is 4. The molecular weight excluding hydrogens is 406 g/mol. The van der Waals surface area contributed by atoms with Gasteiger partial charge in [-0.1, -0.05) is 45.4 Å². The first-order valence-corrected chi connectivity index (χ1v) is 9.19. The average Bonchev–Trinajstić information content (AvgIpc) is 2.59. The normalized spacial score (nSPS) is 10.4. The molecule has 0 fully saturated rings. The first-order chi connectivity index (χ1) is 11.6. The second kappa shape index (κ2) is 7.88. The van der Waals surface area contributed by atoms with Crippen LogP contribution in [0, 0.1) is 0 Å². The number of benzene rings is 3. The molecule has 0 saturated carbocycles. The van der Waals surface area contributed by atoms with Gasteiger partial charge < -0.3 is 5.32 Å². The Labute approximate surface area is 158 Å². The number of hydrogen-bond acceptors (Lipinski definition) is 2. The van der Waals surface area contributed by atoms with Crippen LogP contribution in [0.25, 0.3) is 0 Å². The molecule has 2 nitrogen and oxygen atoms in total. The summed E-state index contributed by atoms with van der Waals surface area (Å²) in [6, 6.07) is 22.8. The smallest absolute Gasteiger partial charge is 0.255 e. The monoisotopic (exact) mass is 417 g/mol. The Bertz CT molecular complexity index is 850. The molecule has 0 radical (unpaired) electrons. The van der Waals surface area contributed by atoms with E-state index in [-0.39, 0.29) is 5.91 Å². The van der Waals surface area contributed by atoms with E-state index in [1.54, 1.807) is 36.0 Å². The maximum Gasteiger partial charge on any atom is 0.255 e. The molecule has 0 heterocycles. The third-order valence-electron chi connectivity index (χ3n) is 3.25. The highest BCUT2D eigenvalue weighted by Gasteiger charge is 2.06. The van der Waals surface area contributed by atoms with Crippen molar-refractivity contribution in [1.29, 1.82) is 0 Å². The Kier molecular flexibility index (Phi) is 5.61. The second-order valence-electron chi connectivity index (χ2n) is 5.04. The number of halogens is 2. The first-order valence-electron chi connectivity index (χ1n) is 7.20. The van der Waals surface area contributed by atoms with E-state index in [2.05, 4.69) is 33.4 Å². The predicted molar refractivity (Wildman–Crippen MR) is 104 cm³/mol. The van der Waals surface area contributed by atoms with E-state index < -0.39 is 0 Å². The SMILES string of the molecule is O=C(Nc1ccc(Sc2ccc(Br)cc2)cc1)c1cccc(Cl)c1. The van der Waals surface area contributed by atoms with Crippen molar-refractivity contribution in [2.75, 3.05) is 5.32 Å². The molecule has 0 unspecified atom stereocenters. The van der Waals surface area contributed by atoms with Gasteiger partial charge in [-0.3, -0.25) is 4.79 Å². The summed E-state index contributed by atoms with van der Waals surface area (Å²) < 4.78 is 1.06. The predicted octanol–water partition coefficient (Wildman–Crippen LogP) is 6.51. The van der Waals surface area contributed by atoms with Crippen LogP contribution in [0.4, 0.5) is 5.69 Å². The minimum Gasteiger partial charge on any atom is -0.322 e. The van der Waals surface area contributed by atoms with Gasteiger partial charge >= 0.3 is 0 Å². The molecule has 0 bridgehead atoms. The molecule has 3 aromatic rings. The fraction of sp³-hybridized carbons (Fsp3) is 0. The van der Waals surface area contributed by atoms with Gasteiger partial charge in [-0.2, -0.15) is 0 Å². The Morgan fingerprint density at radius 1 is 0.917 bits per heavy atom. The van der Waals surface area contributed by atoms with Crippen LogP contribution < -0.4 is 5.32 Å². The van der Waals surface area contributed by atoms with Crippen molar-refractivity contribution in [3.8, 4) is 0 Å². The Morgan fingerprint density at radius 3 is 2.17 bits per heavy atom. The van der Waals surface area contributed by atoms with Gasteiger partial charge in [0.2, 0.25) is 0 Å². The van der Waals surface area contributed by atoms with E-state index in [0.29, 0.717) is 10.6 Å². The molecular formula is C19H13BrClNOS. The largest absolute Gasteiger partial charge is 0.322 e. The van der Waals surface area contributed by atoms with Gasteiger partial charge in [-0.05, 0) is 66.7 Å². The quantitative estimate of drug-likeness (QED) is 0.523. The molecule has 1 N–H and O–H groups in total. The van der Waals surface area contributed by atoms with Crippen LogP contribution in [0.1, 0.15) is 10.4 Å². The summed E-state index contributed by atoms with van der Waals surface area (Å²) >= 11 is 11.0. The highest BCUT2D eigenvalue weighted by atomic mass is 79.9. The fourth-order valence-electron chi connectivity index (χ4n) is 2.08.